The molecule has 0 aliphatic heterocycles. The van der Waals surface area contributed by atoms with Crippen LogP contribution in [0.1, 0.15) is 39.0 Å². The number of hydrogen-bond acceptors (Lipinski definition) is 20. The molecular formula is C38H41N3O17. The summed E-state index contributed by atoms with van der Waals surface area (Å²) >= 11 is 0. The summed E-state index contributed by atoms with van der Waals surface area (Å²) in [5.41, 5.74) is 1.75. The monoisotopic (exact) mass is 811 g/mol. The number of rotatable bonds is 21. The van der Waals surface area contributed by atoms with E-state index in [0.29, 0.717) is 33.6 Å². The molecule has 0 aliphatic carbocycles. The van der Waals surface area contributed by atoms with Crippen LogP contribution >= 0.6 is 0 Å². The molecule has 3 aromatic rings. The summed E-state index contributed by atoms with van der Waals surface area (Å²) < 4.78 is 44.2. The third-order valence-corrected chi connectivity index (χ3v) is 7.26. The van der Waals surface area contributed by atoms with Crippen LogP contribution in [0.15, 0.2) is 48.5 Å². The molecule has 0 aliphatic rings. The molecule has 1 aromatic heterocycles. The molecule has 310 valence electrons. The topological polar surface area (TPSA) is 239 Å². The summed E-state index contributed by atoms with van der Waals surface area (Å²) in [6, 6.07) is 13.2. The molecule has 58 heavy (non-hydrogen) atoms. The van der Waals surface area contributed by atoms with Crippen LogP contribution in [0.2, 0.25) is 0 Å². The van der Waals surface area contributed by atoms with Crippen LogP contribution in [0, 0.1) is 0 Å². The van der Waals surface area contributed by atoms with Gasteiger partial charge < -0.3 is 52.4 Å². The predicted octanol–water partition coefficient (Wildman–Crippen LogP) is 2.28. The number of methoxy groups -OCH3 is 1. The number of carbonyl (C=O) groups is 8. The normalized spacial score (nSPS) is 10.5. The molecule has 0 bridgehead atoms. The largest absolute Gasteiger partial charge is 0.497 e. The van der Waals surface area contributed by atoms with Crippen LogP contribution in [0.4, 0.5) is 11.4 Å². The number of benzene rings is 2. The molecule has 3 rings (SSSR count). The fourth-order valence-electron chi connectivity index (χ4n) is 4.72. The first-order valence-corrected chi connectivity index (χ1v) is 17.1. The van der Waals surface area contributed by atoms with E-state index in [9.17, 15) is 38.4 Å². The number of nitrogens with zero attached hydrogens (tertiary/aromatic N) is 3. The van der Waals surface area contributed by atoms with Crippen LogP contribution < -0.4 is 14.5 Å². The highest BCUT2D eigenvalue weighted by atomic mass is 16.7. The van der Waals surface area contributed by atoms with E-state index < -0.39 is 101 Å². The fraction of sp³-hybridized carbons (Fsp3) is 0.342. The van der Waals surface area contributed by atoms with Crippen LogP contribution in [0.3, 0.4) is 0 Å². The Morgan fingerprint density at radius 1 is 0.534 bits per heavy atom. The van der Waals surface area contributed by atoms with Crippen molar-refractivity contribution in [3.63, 3.8) is 0 Å². The molecule has 0 amide bonds. The Kier molecular flexibility index (Phi) is 17.9. The smallest absolute Gasteiger partial charge is 0.328 e. The number of anilines is 2. The number of carbonyl (C=O) groups excluding carboxylic acids is 8. The number of pyridine rings is 1. The molecule has 20 nitrogen and oxygen atoms in total. The fourth-order valence-corrected chi connectivity index (χ4v) is 4.72. The van der Waals surface area contributed by atoms with Crippen molar-refractivity contribution in [3.8, 4) is 5.75 Å². The molecule has 20 heteroatoms. The summed E-state index contributed by atoms with van der Waals surface area (Å²) in [7, 11) is 1.42. The maximum absolute atomic E-state index is 12.8. The van der Waals surface area contributed by atoms with Gasteiger partial charge in [-0.15, -0.1) is 0 Å². The second-order valence-corrected chi connectivity index (χ2v) is 11.6. The van der Waals surface area contributed by atoms with Crippen molar-refractivity contribution in [3.05, 3.63) is 59.8 Å². The Labute approximate surface area is 331 Å². The Morgan fingerprint density at radius 3 is 1.40 bits per heavy atom. The summed E-state index contributed by atoms with van der Waals surface area (Å²) in [4.78, 5) is 103. The van der Waals surface area contributed by atoms with Crippen molar-refractivity contribution < 1.29 is 81.0 Å². The van der Waals surface area contributed by atoms with Gasteiger partial charge in [-0.25, -0.2) is 4.98 Å². The van der Waals surface area contributed by atoms with Crippen molar-refractivity contribution in [1.82, 2.24) is 4.98 Å². The van der Waals surface area contributed by atoms with Crippen molar-refractivity contribution in [2.45, 2.75) is 27.7 Å². The molecule has 0 saturated carbocycles. The van der Waals surface area contributed by atoms with E-state index in [2.05, 4.69) is 18.9 Å². The molecule has 2 aromatic carbocycles. The molecule has 0 spiro atoms. The minimum absolute atomic E-state index is 0.226. The third-order valence-electron chi connectivity index (χ3n) is 7.26. The van der Waals surface area contributed by atoms with Crippen LogP contribution in [0.5, 0.6) is 5.75 Å². The summed E-state index contributed by atoms with van der Waals surface area (Å²) in [5.74, 6) is -5.83. The van der Waals surface area contributed by atoms with Gasteiger partial charge in [0.05, 0.1) is 24.0 Å². The average Bonchev–Trinajstić information content (AvgIpc) is 3.15. The minimum atomic E-state index is -0.882. The van der Waals surface area contributed by atoms with Crippen molar-refractivity contribution in [1.29, 1.82) is 0 Å². The van der Waals surface area contributed by atoms with Gasteiger partial charge in [-0.1, -0.05) is 30.3 Å². The van der Waals surface area contributed by atoms with Gasteiger partial charge in [0.15, 0.2) is 0 Å². The molecule has 0 N–H and O–H groups in total. The maximum atomic E-state index is 12.8. The van der Waals surface area contributed by atoms with E-state index in [4.69, 9.17) is 28.7 Å². The minimum Gasteiger partial charge on any atom is -0.497 e. The molecule has 0 radical (unpaired) electrons. The quantitative estimate of drug-likeness (QED) is 0.0851. The zero-order valence-corrected chi connectivity index (χ0v) is 32.2. The lowest BCUT2D eigenvalue weighted by atomic mass is 10.1. The molecule has 0 atom stereocenters. The van der Waals surface area contributed by atoms with Crippen molar-refractivity contribution >= 4 is 82.2 Å². The Morgan fingerprint density at radius 2 is 0.966 bits per heavy atom. The van der Waals surface area contributed by atoms with Gasteiger partial charge in [-0.3, -0.25) is 38.4 Å². The predicted molar refractivity (Wildman–Crippen MR) is 199 cm³/mol. The van der Waals surface area contributed by atoms with E-state index in [1.807, 2.05) is 0 Å². The summed E-state index contributed by atoms with van der Waals surface area (Å²) in [6.07, 6.45) is 3.26. The molecule has 0 saturated heterocycles. The molecular weight excluding hydrogens is 770 g/mol. The first kappa shape index (κ1) is 45.1. The Balaban J connectivity index is 2.02. The van der Waals surface area contributed by atoms with Gasteiger partial charge in [0, 0.05) is 44.8 Å². The Bertz CT molecular complexity index is 1950. The Hall–Kier alpha value is -7.25. The highest BCUT2D eigenvalue weighted by Crippen LogP contribution is 2.32. The SMILES string of the molecule is COc1cc(N(CC(=O)OCOC(C)=O)CC(=O)OCOC(C)=O)c2nc(/C=C/c3ccccc3N(CC(=O)OCOC(C)=O)CC(=O)OCOC(C)=O)ccc2c1. The van der Waals surface area contributed by atoms with Gasteiger partial charge >= 0.3 is 47.8 Å². The second-order valence-electron chi connectivity index (χ2n) is 11.6. The van der Waals surface area contributed by atoms with E-state index in [-0.39, 0.29) is 5.69 Å². The van der Waals surface area contributed by atoms with E-state index in [1.165, 1.54) is 23.0 Å². The van der Waals surface area contributed by atoms with Gasteiger partial charge in [0.1, 0.15) is 31.9 Å². The number of para-hydroxylation sites is 1. The lowest BCUT2D eigenvalue weighted by molar-refractivity contribution is -0.167. The van der Waals surface area contributed by atoms with E-state index in [0.717, 1.165) is 27.7 Å². The number of fused-ring (bicyclic) bond motifs is 1. The van der Waals surface area contributed by atoms with Gasteiger partial charge in [0.25, 0.3) is 0 Å². The van der Waals surface area contributed by atoms with Crippen LogP contribution in [-0.2, 0) is 76.3 Å². The molecule has 0 unspecified atom stereocenters. The van der Waals surface area contributed by atoms with Crippen LogP contribution in [0.25, 0.3) is 23.1 Å². The van der Waals surface area contributed by atoms with Gasteiger partial charge in [0.2, 0.25) is 27.2 Å². The maximum Gasteiger partial charge on any atom is 0.328 e. The summed E-state index contributed by atoms with van der Waals surface area (Å²) in [6.45, 7) is -0.186. The van der Waals surface area contributed by atoms with Gasteiger partial charge in [-0.05, 0) is 29.8 Å². The van der Waals surface area contributed by atoms with Crippen molar-refractivity contribution in [2.75, 3.05) is 70.3 Å². The number of ether oxygens (including phenoxy) is 9. The summed E-state index contributed by atoms with van der Waals surface area (Å²) in [5, 5.41) is 0.532. The lowest BCUT2D eigenvalue weighted by Crippen LogP contribution is -2.37. The number of esters is 8. The average molecular weight is 812 g/mol. The highest BCUT2D eigenvalue weighted by Gasteiger charge is 2.23. The first-order chi connectivity index (χ1) is 27.6. The zero-order valence-electron chi connectivity index (χ0n) is 32.2. The van der Waals surface area contributed by atoms with E-state index >= 15 is 0 Å². The molecule has 0 fully saturated rings. The standard InChI is InChI=1S/C38H41N3O17/c1-24(42)51-20-55-34(46)16-40(17-35(47)56-21-52-25(2)43)32-9-7-6-8-28(32)10-12-30-13-11-29-14-31(50-5)15-33(38(29)39-30)41(18-36(48)57-22-53-26(3)44)19-37(49)58-23-54-27(4)45/h6-15H,16-23H2,1-5H3/b12-10+. The van der Waals surface area contributed by atoms with Gasteiger partial charge in [-0.2, -0.15) is 0 Å². The zero-order chi connectivity index (χ0) is 42.6. The third kappa shape index (κ3) is 15.8. The highest BCUT2D eigenvalue weighted by molar-refractivity contribution is 5.96. The van der Waals surface area contributed by atoms with E-state index in [1.54, 1.807) is 54.6 Å². The van der Waals surface area contributed by atoms with Crippen LogP contribution in [-0.4, -0.2) is 113 Å². The molecule has 1 heterocycles. The first-order valence-electron chi connectivity index (χ1n) is 17.1. The van der Waals surface area contributed by atoms with Crippen molar-refractivity contribution in [2.24, 2.45) is 0 Å². The second kappa shape index (κ2) is 23.0. The lowest BCUT2D eigenvalue weighted by Gasteiger charge is -2.25. The number of aromatic nitrogens is 1. The number of hydrogen-bond donors (Lipinski definition) is 0.